The number of hydrogen-bond acceptors (Lipinski definition) is 2. The summed E-state index contributed by atoms with van der Waals surface area (Å²) in [5, 5.41) is 3.39. The lowest BCUT2D eigenvalue weighted by atomic mass is 9.89. The summed E-state index contributed by atoms with van der Waals surface area (Å²) in [6.45, 7) is 4.49. The monoisotopic (exact) mass is 297 g/mol. The minimum Gasteiger partial charge on any atom is -0.490 e. The maximum atomic E-state index is 6.13. The fourth-order valence-electron chi connectivity index (χ4n) is 2.35. The van der Waals surface area contributed by atoms with Gasteiger partial charge in [-0.2, -0.15) is 0 Å². The van der Waals surface area contributed by atoms with Gasteiger partial charge in [0, 0.05) is 22.5 Å². The van der Waals surface area contributed by atoms with Crippen LogP contribution in [0, 0.1) is 5.92 Å². The molecule has 0 aliphatic carbocycles. The number of halogens is 1. The molecule has 94 valence electrons. The zero-order valence-electron chi connectivity index (χ0n) is 10.7. The van der Waals surface area contributed by atoms with E-state index in [0.717, 1.165) is 23.1 Å². The average Bonchev–Trinajstić information content (AvgIpc) is 2.35. The average molecular weight is 298 g/mol. The van der Waals surface area contributed by atoms with Crippen molar-refractivity contribution in [2.75, 3.05) is 7.05 Å². The highest BCUT2D eigenvalue weighted by atomic mass is 79.9. The Morgan fingerprint density at radius 2 is 2.29 bits per heavy atom. The highest BCUT2D eigenvalue weighted by Gasteiger charge is 2.30. The summed E-state index contributed by atoms with van der Waals surface area (Å²) >= 11 is 3.51. The predicted molar refractivity (Wildman–Crippen MR) is 74.4 cm³/mol. The van der Waals surface area contributed by atoms with Crippen molar-refractivity contribution in [2.45, 2.75) is 38.8 Å². The summed E-state index contributed by atoms with van der Waals surface area (Å²) in [6, 6.07) is 6.71. The summed E-state index contributed by atoms with van der Waals surface area (Å²) in [7, 11) is 2.02. The number of ether oxygens (including phenoxy) is 1. The normalized spacial score (nSPS) is 24.9. The van der Waals surface area contributed by atoms with Gasteiger partial charge in [0.25, 0.3) is 0 Å². The lowest BCUT2D eigenvalue weighted by Crippen LogP contribution is -2.35. The van der Waals surface area contributed by atoms with E-state index in [0.29, 0.717) is 18.1 Å². The van der Waals surface area contributed by atoms with Crippen molar-refractivity contribution in [3.8, 4) is 5.75 Å². The molecule has 1 aromatic carbocycles. The highest BCUT2D eigenvalue weighted by Crippen LogP contribution is 2.38. The van der Waals surface area contributed by atoms with Gasteiger partial charge >= 0.3 is 0 Å². The van der Waals surface area contributed by atoms with Crippen LogP contribution in [0.4, 0.5) is 0 Å². The van der Waals surface area contributed by atoms with Gasteiger partial charge in [-0.3, -0.25) is 0 Å². The first-order valence-electron chi connectivity index (χ1n) is 6.29. The summed E-state index contributed by atoms with van der Waals surface area (Å²) in [5.74, 6) is 1.62. The van der Waals surface area contributed by atoms with Crippen molar-refractivity contribution in [3.05, 3.63) is 28.2 Å². The van der Waals surface area contributed by atoms with Gasteiger partial charge in [-0.1, -0.05) is 42.3 Å². The lowest BCUT2D eigenvalue weighted by Gasteiger charge is -2.35. The van der Waals surface area contributed by atoms with Crippen LogP contribution in [0.15, 0.2) is 22.7 Å². The van der Waals surface area contributed by atoms with Crippen LogP contribution in [0.3, 0.4) is 0 Å². The van der Waals surface area contributed by atoms with Crippen molar-refractivity contribution in [2.24, 2.45) is 5.92 Å². The lowest BCUT2D eigenvalue weighted by molar-refractivity contribution is 0.0994. The Morgan fingerprint density at radius 3 is 2.94 bits per heavy atom. The van der Waals surface area contributed by atoms with Gasteiger partial charge in [0.2, 0.25) is 0 Å². The molecule has 0 fully saturated rings. The minimum absolute atomic E-state index is 0.319. The molecule has 3 unspecified atom stereocenters. The Hall–Kier alpha value is -0.540. The third kappa shape index (κ3) is 2.66. The van der Waals surface area contributed by atoms with Gasteiger partial charge in [-0.15, -0.1) is 0 Å². The van der Waals surface area contributed by atoms with Gasteiger partial charge in [0.05, 0.1) is 0 Å². The first kappa shape index (κ1) is 12.9. The van der Waals surface area contributed by atoms with Gasteiger partial charge in [-0.05, 0) is 25.1 Å². The van der Waals surface area contributed by atoms with Crippen LogP contribution in [0.5, 0.6) is 5.75 Å². The second-order valence-electron chi connectivity index (χ2n) is 4.80. The Balaban J connectivity index is 2.30. The zero-order chi connectivity index (χ0) is 12.4. The number of nitrogens with one attached hydrogen (secondary N) is 1. The SMILES string of the molecule is CCC(C)C1CC(NC)c2ccc(Br)cc2O1. The second-order valence-corrected chi connectivity index (χ2v) is 5.72. The van der Waals surface area contributed by atoms with E-state index < -0.39 is 0 Å². The molecule has 2 rings (SSSR count). The summed E-state index contributed by atoms with van der Waals surface area (Å²) in [5.41, 5.74) is 1.27. The van der Waals surface area contributed by atoms with Crippen LogP contribution in [-0.2, 0) is 0 Å². The molecular formula is C14H20BrNO. The zero-order valence-corrected chi connectivity index (χ0v) is 12.3. The van der Waals surface area contributed by atoms with E-state index in [1.54, 1.807) is 0 Å². The molecule has 1 aromatic rings. The highest BCUT2D eigenvalue weighted by molar-refractivity contribution is 9.10. The molecule has 0 spiro atoms. The van der Waals surface area contributed by atoms with Crippen molar-refractivity contribution >= 4 is 15.9 Å². The number of benzene rings is 1. The summed E-state index contributed by atoms with van der Waals surface area (Å²) in [4.78, 5) is 0. The molecule has 3 heteroatoms. The Bertz CT molecular complexity index is 394. The third-order valence-corrected chi connectivity index (χ3v) is 4.22. The molecule has 0 bridgehead atoms. The van der Waals surface area contributed by atoms with Gasteiger partial charge < -0.3 is 10.1 Å². The minimum atomic E-state index is 0.319. The Kier molecular flexibility index (Phi) is 4.10. The van der Waals surface area contributed by atoms with E-state index in [9.17, 15) is 0 Å². The van der Waals surface area contributed by atoms with Gasteiger partial charge in [-0.25, -0.2) is 0 Å². The van der Waals surface area contributed by atoms with Crippen molar-refractivity contribution < 1.29 is 4.74 Å². The van der Waals surface area contributed by atoms with E-state index in [1.165, 1.54) is 5.56 Å². The third-order valence-electron chi connectivity index (χ3n) is 3.72. The fourth-order valence-corrected chi connectivity index (χ4v) is 2.69. The standard InChI is InChI=1S/C14H20BrNO/c1-4-9(2)13-8-12(16-3)11-6-5-10(15)7-14(11)17-13/h5-7,9,12-13,16H,4,8H2,1-3H3. The quantitative estimate of drug-likeness (QED) is 0.913. The molecule has 0 aromatic heterocycles. The molecule has 1 N–H and O–H groups in total. The number of hydrogen-bond donors (Lipinski definition) is 1. The fraction of sp³-hybridized carbons (Fsp3) is 0.571. The Labute approximate surface area is 112 Å². The molecule has 3 atom stereocenters. The first-order chi connectivity index (χ1) is 8.15. The summed E-state index contributed by atoms with van der Waals surface area (Å²) < 4.78 is 7.21. The largest absolute Gasteiger partial charge is 0.490 e. The van der Waals surface area contributed by atoms with E-state index >= 15 is 0 Å². The van der Waals surface area contributed by atoms with Crippen molar-refractivity contribution in [1.29, 1.82) is 0 Å². The molecule has 1 heterocycles. The smallest absolute Gasteiger partial charge is 0.125 e. The molecule has 0 radical (unpaired) electrons. The summed E-state index contributed by atoms with van der Waals surface area (Å²) in [6.07, 6.45) is 2.53. The molecule has 2 nitrogen and oxygen atoms in total. The molecule has 0 amide bonds. The van der Waals surface area contributed by atoms with Crippen LogP contribution in [0.2, 0.25) is 0 Å². The maximum Gasteiger partial charge on any atom is 0.125 e. The maximum absolute atomic E-state index is 6.13. The molecule has 0 saturated carbocycles. The van der Waals surface area contributed by atoms with Crippen molar-refractivity contribution in [1.82, 2.24) is 5.32 Å². The number of fused-ring (bicyclic) bond motifs is 1. The first-order valence-corrected chi connectivity index (χ1v) is 7.08. The molecular weight excluding hydrogens is 278 g/mol. The van der Waals surface area contributed by atoms with Crippen LogP contribution >= 0.6 is 15.9 Å². The van der Waals surface area contributed by atoms with E-state index in [1.807, 2.05) is 7.05 Å². The van der Waals surface area contributed by atoms with Crippen LogP contribution < -0.4 is 10.1 Å². The van der Waals surface area contributed by atoms with Crippen molar-refractivity contribution in [3.63, 3.8) is 0 Å². The predicted octanol–water partition coefficient (Wildman–Crippen LogP) is 3.91. The Morgan fingerprint density at radius 1 is 1.53 bits per heavy atom. The topological polar surface area (TPSA) is 21.3 Å². The van der Waals surface area contributed by atoms with E-state index in [-0.39, 0.29) is 0 Å². The second kappa shape index (κ2) is 5.40. The van der Waals surface area contributed by atoms with Gasteiger partial charge in [0.1, 0.15) is 11.9 Å². The van der Waals surface area contributed by atoms with E-state index in [2.05, 4.69) is 53.3 Å². The molecule has 1 aliphatic rings. The van der Waals surface area contributed by atoms with Gasteiger partial charge in [0.15, 0.2) is 0 Å². The van der Waals surface area contributed by atoms with Crippen LogP contribution in [0.25, 0.3) is 0 Å². The van der Waals surface area contributed by atoms with E-state index in [4.69, 9.17) is 4.74 Å². The van der Waals surface area contributed by atoms with Crippen LogP contribution in [-0.4, -0.2) is 13.2 Å². The molecule has 1 aliphatic heterocycles. The van der Waals surface area contributed by atoms with Crippen LogP contribution in [0.1, 0.15) is 38.3 Å². The molecule has 17 heavy (non-hydrogen) atoms. The number of rotatable bonds is 3. The molecule has 0 saturated heterocycles.